The van der Waals surface area contributed by atoms with Gasteiger partial charge in [0.2, 0.25) is 5.91 Å². The summed E-state index contributed by atoms with van der Waals surface area (Å²) in [5.74, 6) is 0.0395. The van der Waals surface area contributed by atoms with Gasteiger partial charge in [0.15, 0.2) is 0 Å². The van der Waals surface area contributed by atoms with E-state index in [-0.39, 0.29) is 5.91 Å². The van der Waals surface area contributed by atoms with Gasteiger partial charge in [-0.15, -0.1) is 0 Å². The Bertz CT molecular complexity index is 642. The highest BCUT2D eigenvalue weighted by molar-refractivity contribution is 5.83. The van der Waals surface area contributed by atoms with Crippen molar-refractivity contribution in [3.63, 3.8) is 0 Å². The molecule has 0 unspecified atom stereocenters. The second kappa shape index (κ2) is 6.34. The lowest BCUT2D eigenvalue weighted by Crippen LogP contribution is -2.44. The molecule has 118 valence electrons. The van der Waals surface area contributed by atoms with Crippen LogP contribution in [0.4, 0.5) is 0 Å². The van der Waals surface area contributed by atoms with Crippen LogP contribution in [-0.4, -0.2) is 34.7 Å². The Morgan fingerprint density at radius 1 is 1.23 bits per heavy atom. The van der Waals surface area contributed by atoms with Crippen LogP contribution in [0, 0.1) is 0 Å². The molecule has 0 aliphatic heterocycles. The molecule has 0 aliphatic carbocycles. The van der Waals surface area contributed by atoms with E-state index in [1.165, 1.54) is 5.56 Å². The Morgan fingerprint density at radius 2 is 1.86 bits per heavy atom. The average molecular weight is 299 g/mol. The minimum atomic E-state index is -0.695. The Labute approximate surface area is 132 Å². The van der Waals surface area contributed by atoms with Gasteiger partial charge in [0, 0.05) is 25.9 Å². The number of hydrogen-bond acceptors (Lipinski definition) is 2. The summed E-state index contributed by atoms with van der Waals surface area (Å²) in [5.41, 5.74) is 2.56. The number of amides is 1. The highest BCUT2D eigenvalue weighted by atomic mass is 16.2. The van der Waals surface area contributed by atoms with Crippen molar-refractivity contribution < 1.29 is 4.79 Å². The molecule has 0 N–H and O–H groups in total. The highest BCUT2D eigenvalue weighted by Crippen LogP contribution is 2.27. The molecule has 0 saturated heterocycles. The number of hydrogen-bond donors (Lipinski definition) is 0. The van der Waals surface area contributed by atoms with Gasteiger partial charge in [0.25, 0.3) is 0 Å². The maximum atomic E-state index is 12.4. The first-order valence-corrected chi connectivity index (χ1v) is 7.74. The van der Waals surface area contributed by atoms with Gasteiger partial charge >= 0.3 is 0 Å². The van der Waals surface area contributed by atoms with E-state index >= 15 is 0 Å². The van der Waals surface area contributed by atoms with E-state index in [1.807, 2.05) is 42.9 Å². The van der Waals surface area contributed by atoms with Crippen LogP contribution in [0.3, 0.4) is 0 Å². The third-order valence-electron chi connectivity index (χ3n) is 3.86. The molecule has 1 aromatic carbocycles. The molecule has 1 amide bonds. The number of benzene rings is 1. The van der Waals surface area contributed by atoms with Crippen molar-refractivity contribution in [2.75, 3.05) is 14.1 Å². The Morgan fingerprint density at radius 3 is 2.41 bits per heavy atom. The lowest BCUT2D eigenvalue weighted by atomic mass is 10.0. The van der Waals surface area contributed by atoms with Gasteiger partial charge in [-0.2, -0.15) is 5.10 Å². The summed E-state index contributed by atoms with van der Waals surface area (Å²) in [7, 11) is 3.55. The quantitative estimate of drug-likeness (QED) is 0.849. The normalized spacial score (nSPS) is 11.5. The Kier molecular flexibility index (Phi) is 4.69. The smallest absolute Gasteiger partial charge is 0.249 e. The number of carbonyl (C=O) groups is 1. The SMILES string of the molecule is CCCc1cn(C(C)(C)C(=O)N(C)C)nc1-c1ccccc1. The standard InChI is InChI=1S/C18H25N3O/c1-6-10-15-13-21(18(2,3)17(22)20(4)5)19-16(15)14-11-8-7-9-12-14/h7-9,11-13H,6,10H2,1-5H3. The van der Waals surface area contributed by atoms with Gasteiger partial charge in [-0.3, -0.25) is 9.48 Å². The van der Waals surface area contributed by atoms with Crippen molar-refractivity contribution in [2.24, 2.45) is 0 Å². The van der Waals surface area contributed by atoms with Crippen molar-refractivity contribution in [2.45, 2.75) is 39.2 Å². The van der Waals surface area contributed by atoms with Gasteiger partial charge < -0.3 is 4.90 Å². The number of aryl methyl sites for hydroxylation is 1. The van der Waals surface area contributed by atoms with Gasteiger partial charge in [0.1, 0.15) is 5.54 Å². The van der Waals surface area contributed by atoms with E-state index in [4.69, 9.17) is 5.10 Å². The van der Waals surface area contributed by atoms with Crippen molar-refractivity contribution in [3.05, 3.63) is 42.1 Å². The minimum absolute atomic E-state index is 0.0395. The van der Waals surface area contributed by atoms with Crippen LogP contribution in [0.15, 0.2) is 36.5 Å². The fourth-order valence-corrected chi connectivity index (χ4v) is 2.63. The molecule has 2 rings (SSSR count). The van der Waals surface area contributed by atoms with E-state index in [9.17, 15) is 4.79 Å². The van der Waals surface area contributed by atoms with Gasteiger partial charge in [-0.25, -0.2) is 0 Å². The average Bonchev–Trinajstić information content (AvgIpc) is 2.92. The fourth-order valence-electron chi connectivity index (χ4n) is 2.63. The molecule has 22 heavy (non-hydrogen) atoms. The van der Waals surface area contributed by atoms with E-state index in [1.54, 1.807) is 19.0 Å². The van der Waals surface area contributed by atoms with Crippen molar-refractivity contribution in [3.8, 4) is 11.3 Å². The molecule has 4 heteroatoms. The van der Waals surface area contributed by atoms with Crippen molar-refractivity contribution in [1.29, 1.82) is 0 Å². The van der Waals surface area contributed by atoms with Crippen molar-refractivity contribution >= 4 is 5.91 Å². The molecule has 0 aliphatic rings. The van der Waals surface area contributed by atoms with Crippen LogP contribution in [-0.2, 0) is 16.8 Å². The lowest BCUT2D eigenvalue weighted by molar-refractivity contribution is -0.137. The maximum Gasteiger partial charge on any atom is 0.249 e. The lowest BCUT2D eigenvalue weighted by Gasteiger charge is -2.27. The summed E-state index contributed by atoms with van der Waals surface area (Å²) >= 11 is 0. The summed E-state index contributed by atoms with van der Waals surface area (Å²) < 4.78 is 1.81. The molecule has 2 aromatic rings. The summed E-state index contributed by atoms with van der Waals surface area (Å²) in [4.78, 5) is 14.1. The van der Waals surface area contributed by atoms with Gasteiger partial charge in [0.05, 0.1) is 5.69 Å². The third kappa shape index (κ3) is 3.06. The minimum Gasteiger partial charge on any atom is -0.347 e. The molecule has 0 bridgehead atoms. The van der Waals surface area contributed by atoms with Gasteiger partial charge in [-0.1, -0.05) is 43.7 Å². The highest BCUT2D eigenvalue weighted by Gasteiger charge is 2.33. The molecular formula is C18H25N3O. The van der Waals surface area contributed by atoms with Crippen LogP contribution >= 0.6 is 0 Å². The Hall–Kier alpha value is -2.10. The fraction of sp³-hybridized carbons (Fsp3) is 0.444. The third-order valence-corrected chi connectivity index (χ3v) is 3.86. The van der Waals surface area contributed by atoms with Crippen LogP contribution in [0.25, 0.3) is 11.3 Å². The second-order valence-corrected chi connectivity index (χ2v) is 6.32. The Balaban J connectivity index is 2.49. The van der Waals surface area contributed by atoms with Crippen LogP contribution < -0.4 is 0 Å². The molecule has 0 radical (unpaired) electrons. The van der Waals surface area contributed by atoms with Crippen LogP contribution in [0.1, 0.15) is 32.8 Å². The molecule has 1 heterocycles. The topological polar surface area (TPSA) is 38.1 Å². The summed E-state index contributed by atoms with van der Waals surface area (Å²) in [6.45, 7) is 5.97. The van der Waals surface area contributed by atoms with Gasteiger partial charge in [-0.05, 0) is 25.8 Å². The van der Waals surface area contributed by atoms with E-state index in [0.29, 0.717) is 0 Å². The predicted octanol–water partition coefficient (Wildman–Crippen LogP) is 3.33. The number of aromatic nitrogens is 2. The summed E-state index contributed by atoms with van der Waals surface area (Å²) in [5, 5.41) is 4.74. The summed E-state index contributed by atoms with van der Waals surface area (Å²) in [6.07, 6.45) is 4.03. The zero-order chi connectivity index (χ0) is 16.3. The number of likely N-dealkylation sites (N-methyl/N-ethyl adjacent to an activating group) is 1. The maximum absolute atomic E-state index is 12.4. The van der Waals surface area contributed by atoms with Crippen molar-refractivity contribution in [1.82, 2.24) is 14.7 Å². The molecule has 0 spiro atoms. The van der Waals surface area contributed by atoms with E-state index < -0.39 is 5.54 Å². The number of nitrogens with zero attached hydrogens (tertiary/aromatic N) is 3. The molecule has 4 nitrogen and oxygen atoms in total. The first kappa shape index (κ1) is 16.3. The van der Waals surface area contributed by atoms with Crippen LogP contribution in [0.2, 0.25) is 0 Å². The largest absolute Gasteiger partial charge is 0.347 e. The molecule has 1 aromatic heterocycles. The molecule has 0 atom stereocenters. The number of rotatable bonds is 5. The van der Waals surface area contributed by atoms with E-state index in [2.05, 4.69) is 19.1 Å². The summed E-state index contributed by atoms with van der Waals surface area (Å²) in [6, 6.07) is 10.2. The second-order valence-electron chi connectivity index (χ2n) is 6.32. The first-order chi connectivity index (χ1) is 10.4. The molecular weight excluding hydrogens is 274 g/mol. The zero-order valence-electron chi connectivity index (χ0n) is 14.1. The molecule has 0 saturated carbocycles. The zero-order valence-corrected chi connectivity index (χ0v) is 14.1. The first-order valence-electron chi connectivity index (χ1n) is 7.74. The monoisotopic (exact) mass is 299 g/mol. The number of carbonyl (C=O) groups excluding carboxylic acids is 1. The predicted molar refractivity (Wildman–Crippen MR) is 89.7 cm³/mol. The van der Waals surface area contributed by atoms with Crippen LogP contribution in [0.5, 0.6) is 0 Å². The van der Waals surface area contributed by atoms with E-state index in [0.717, 1.165) is 24.1 Å². The molecule has 0 fully saturated rings.